The maximum atomic E-state index is 11.6. The topological polar surface area (TPSA) is 72.2 Å². The van der Waals surface area contributed by atoms with Gasteiger partial charge in [0.2, 0.25) is 5.91 Å². The molecule has 0 saturated carbocycles. The normalized spacial score (nSPS) is 12.6. The highest BCUT2D eigenvalue weighted by Gasteiger charge is 2.22. The van der Waals surface area contributed by atoms with E-state index in [1.54, 1.807) is 0 Å². The lowest BCUT2D eigenvalue weighted by Gasteiger charge is -2.20. The molecule has 82 valence electrons. The van der Waals surface area contributed by atoms with E-state index in [0.29, 0.717) is 6.42 Å². The Morgan fingerprint density at radius 2 is 1.93 bits per heavy atom. The van der Waals surface area contributed by atoms with Gasteiger partial charge in [0, 0.05) is 6.42 Å². The summed E-state index contributed by atoms with van der Waals surface area (Å²) in [6.07, 6.45) is 1.31. The van der Waals surface area contributed by atoms with Crippen LogP contribution < -0.4 is 11.1 Å². The molecule has 1 amide bonds. The molecule has 1 unspecified atom stereocenters. The zero-order chi connectivity index (χ0) is 11.1. The number of nitrogens with two attached hydrogens (primary N) is 1. The molecular weight excluding hydrogens is 180 g/mol. The fourth-order valence-corrected chi connectivity index (χ4v) is 1.25. The lowest BCUT2D eigenvalue weighted by Crippen LogP contribution is -2.46. The Bertz CT molecular complexity index is 202. The van der Waals surface area contributed by atoms with Gasteiger partial charge < -0.3 is 11.1 Å². The van der Waals surface area contributed by atoms with Crippen LogP contribution in [0.3, 0.4) is 0 Å². The zero-order valence-corrected chi connectivity index (χ0v) is 9.17. The van der Waals surface area contributed by atoms with Crippen molar-refractivity contribution in [2.75, 3.05) is 6.54 Å². The van der Waals surface area contributed by atoms with E-state index in [1.165, 1.54) is 0 Å². The molecule has 0 fully saturated rings. The van der Waals surface area contributed by atoms with Crippen molar-refractivity contribution in [3.05, 3.63) is 0 Å². The maximum absolute atomic E-state index is 11.6. The van der Waals surface area contributed by atoms with Gasteiger partial charge in [0.05, 0.1) is 12.6 Å². The van der Waals surface area contributed by atoms with E-state index in [0.717, 1.165) is 6.42 Å². The number of carbonyl (C=O) groups is 2. The SMILES string of the molecule is CCCC(=O)C(NC(=O)CN)C(C)C. The molecule has 14 heavy (non-hydrogen) atoms. The van der Waals surface area contributed by atoms with E-state index in [4.69, 9.17) is 5.73 Å². The van der Waals surface area contributed by atoms with Gasteiger partial charge in [-0.2, -0.15) is 0 Å². The number of nitrogens with one attached hydrogen (secondary N) is 1. The molecule has 4 nitrogen and oxygen atoms in total. The number of carbonyl (C=O) groups excluding carboxylic acids is 2. The predicted octanol–water partition coefficient (Wildman–Crippen LogP) is 0.455. The lowest BCUT2D eigenvalue weighted by molar-refractivity contribution is -0.128. The van der Waals surface area contributed by atoms with Crippen LogP contribution in [-0.2, 0) is 9.59 Å². The summed E-state index contributed by atoms with van der Waals surface area (Å²) in [5, 5.41) is 2.64. The van der Waals surface area contributed by atoms with Gasteiger partial charge in [0.1, 0.15) is 0 Å². The molecule has 0 aromatic rings. The number of Topliss-reactive ketones (excluding diaryl/α,β-unsaturated/α-hetero) is 1. The molecule has 0 rings (SSSR count). The molecule has 0 aromatic carbocycles. The van der Waals surface area contributed by atoms with Crippen molar-refractivity contribution in [2.45, 2.75) is 39.7 Å². The first-order chi connectivity index (χ1) is 6.52. The Morgan fingerprint density at radius 3 is 2.29 bits per heavy atom. The Kier molecular flexibility index (Phi) is 6.12. The van der Waals surface area contributed by atoms with Crippen molar-refractivity contribution in [3.8, 4) is 0 Å². The van der Waals surface area contributed by atoms with Crippen molar-refractivity contribution in [2.24, 2.45) is 11.7 Å². The molecule has 1 atom stereocenters. The van der Waals surface area contributed by atoms with Crippen LogP contribution in [0.5, 0.6) is 0 Å². The van der Waals surface area contributed by atoms with Crippen LogP contribution >= 0.6 is 0 Å². The van der Waals surface area contributed by atoms with Crippen molar-refractivity contribution >= 4 is 11.7 Å². The highest BCUT2D eigenvalue weighted by molar-refractivity contribution is 5.89. The Hall–Kier alpha value is -0.900. The van der Waals surface area contributed by atoms with Gasteiger partial charge in [0.25, 0.3) is 0 Å². The molecule has 0 aliphatic rings. The van der Waals surface area contributed by atoms with E-state index >= 15 is 0 Å². The van der Waals surface area contributed by atoms with E-state index < -0.39 is 0 Å². The highest BCUT2D eigenvalue weighted by Crippen LogP contribution is 2.06. The number of rotatable bonds is 6. The lowest BCUT2D eigenvalue weighted by atomic mass is 9.97. The second kappa shape index (κ2) is 6.54. The molecular formula is C10H20N2O2. The number of hydrogen-bond acceptors (Lipinski definition) is 3. The first-order valence-electron chi connectivity index (χ1n) is 5.05. The summed E-state index contributed by atoms with van der Waals surface area (Å²) in [7, 11) is 0. The summed E-state index contributed by atoms with van der Waals surface area (Å²) >= 11 is 0. The van der Waals surface area contributed by atoms with E-state index in [2.05, 4.69) is 5.32 Å². The molecule has 0 bridgehead atoms. The minimum atomic E-state index is -0.383. The van der Waals surface area contributed by atoms with Crippen LogP contribution in [0.1, 0.15) is 33.6 Å². The molecule has 0 aliphatic heterocycles. The maximum Gasteiger partial charge on any atom is 0.234 e. The standard InChI is InChI=1S/C10H20N2O2/c1-4-5-8(13)10(7(2)3)12-9(14)6-11/h7,10H,4-6,11H2,1-3H3,(H,12,14). The number of amides is 1. The Balaban J connectivity index is 4.29. The quantitative estimate of drug-likeness (QED) is 0.654. The minimum Gasteiger partial charge on any atom is -0.345 e. The number of hydrogen-bond donors (Lipinski definition) is 2. The van der Waals surface area contributed by atoms with Gasteiger partial charge in [-0.05, 0) is 12.3 Å². The highest BCUT2D eigenvalue weighted by atomic mass is 16.2. The van der Waals surface area contributed by atoms with Crippen LogP contribution in [0.2, 0.25) is 0 Å². The van der Waals surface area contributed by atoms with Crippen LogP contribution in [0.15, 0.2) is 0 Å². The van der Waals surface area contributed by atoms with Gasteiger partial charge in [-0.1, -0.05) is 20.8 Å². The summed E-state index contributed by atoms with van der Waals surface area (Å²) < 4.78 is 0. The Labute approximate surface area is 85.2 Å². The van der Waals surface area contributed by atoms with Crippen LogP contribution in [0, 0.1) is 5.92 Å². The molecule has 0 saturated heterocycles. The first-order valence-corrected chi connectivity index (χ1v) is 5.05. The smallest absolute Gasteiger partial charge is 0.234 e. The molecule has 0 radical (unpaired) electrons. The minimum absolute atomic E-state index is 0.0668. The largest absolute Gasteiger partial charge is 0.345 e. The summed E-state index contributed by atoms with van der Waals surface area (Å²) in [4.78, 5) is 22.6. The van der Waals surface area contributed by atoms with Crippen molar-refractivity contribution < 1.29 is 9.59 Å². The van der Waals surface area contributed by atoms with Crippen LogP contribution in [0.4, 0.5) is 0 Å². The van der Waals surface area contributed by atoms with Crippen molar-refractivity contribution in [1.29, 1.82) is 0 Å². The van der Waals surface area contributed by atoms with Crippen molar-refractivity contribution in [1.82, 2.24) is 5.32 Å². The third-order valence-electron chi connectivity index (χ3n) is 2.01. The van der Waals surface area contributed by atoms with Crippen LogP contribution in [0.25, 0.3) is 0 Å². The van der Waals surface area contributed by atoms with Gasteiger partial charge in [0.15, 0.2) is 5.78 Å². The molecule has 0 heterocycles. The fraction of sp³-hybridized carbons (Fsp3) is 0.800. The molecule has 0 aromatic heterocycles. The van der Waals surface area contributed by atoms with E-state index in [1.807, 2.05) is 20.8 Å². The zero-order valence-electron chi connectivity index (χ0n) is 9.17. The summed E-state index contributed by atoms with van der Waals surface area (Å²) in [6.45, 7) is 5.70. The Morgan fingerprint density at radius 1 is 1.36 bits per heavy atom. The number of ketones is 1. The van der Waals surface area contributed by atoms with Crippen molar-refractivity contribution in [3.63, 3.8) is 0 Å². The molecule has 3 N–H and O–H groups in total. The fourth-order valence-electron chi connectivity index (χ4n) is 1.25. The summed E-state index contributed by atoms with van der Waals surface area (Å²) in [5.41, 5.74) is 5.17. The first kappa shape index (κ1) is 13.1. The van der Waals surface area contributed by atoms with Gasteiger partial charge in [-0.25, -0.2) is 0 Å². The summed E-state index contributed by atoms with van der Waals surface area (Å²) in [5.74, 6) is -0.0676. The monoisotopic (exact) mass is 200 g/mol. The van der Waals surface area contributed by atoms with E-state index in [9.17, 15) is 9.59 Å². The van der Waals surface area contributed by atoms with Gasteiger partial charge >= 0.3 is 0 Å². The molecule has 4 heteroatoms. The molecule has 0 aliphatic carbocycles. The average molecular weight is 200 g/mol. The van der Waals surface area contributed by atoms with Gasteiger partial charge in [-0.15, -0.1) is 0 Å². The second-order valence-electron chi connectivity index (χ2n) is 3.71. The van der Waals surface area contributed by atoms with E-state index in [-0.39, 0.29) is 30.2 Å². The van der Waals surface area contributed by atoms with Crippen LogP contribution in [-0.4, -0.2) is 24.3 Å². The second-order valence-corrected chi connectivity index (χ2v) is 3.71. The summed E-state index contributed by atoms with van der Waals surface area (Å²) in [6, 6.07) is -0.383. The molecule has 0 spiro atoms. The average Bonchev–Trinajstić information content (AvgIpc) is 2.13. The third kappa shape index (κ3) is 4.37. The van der Waals surface area contributed by atoms with Gasteiger partial charge in [-0.3, -0.25) is 9.59 Å². The predicted molar refractivity (Wildman–Crippen MR) is 55.7 cm³/mol. The third-order valence-corrected chi connectivity index (χ3v) is 2.01.